The zero-order valence-corrected chi connectivity index (χ0v) is 21.0. The average Bonchev–Trinajstić information content (AvgIpc) is 3.17. The standard InChI is InChI=1S/C25H18BrClN2O4S/c1-15(32-18-11-9-17(26)10-12-18)24(30)29-28-14-16-5-4-6-19(13-16)33-25(31)23-22(27)20-7-2-3-8-21(20)34-23/h2-15H,1H3,(H,29,30)/b28-14+. The van der Waals surface area contributed by atoms with E-state index in [4.69, 9.17) is 21.1 Å². The molecule has 0 aliphatic rings. The van der Waals surface area contributed by atoms with Crippen LogP contribution in [0.3, 0.4) is 0 Å². The van der Waals surface area contributed by atoms with Crippen molar-refractivity contribution in [3.63, 3.8) is 0 Å². The first-order chi connectivity index (χ1) is 16.4. The lowest BCUT2D eigenvalue weighted by molar-refractivity contribution is -0.127. The van der Waals surface area contributed by atoms with E-state index in [0.717, 1.165) is 14.6 Å². The van der Waals surface area contributed by atoms with Gasteiger partial charge in [-0.15, -0.1) is 11.3 Å². The molecule has 1 aromatic heterocycles. The van der Waals surface area contributed by atoms with Crippen molar-refractivity contribution in [1.82, 2.24) is 5.43 Å². The molecule has 4 aromatic rings. The van der Waals surface area contributed by atoms with E-state index in [1.54, 1.807) is 43.3 Å². The zero-order chi connectivity index (χ0) is 24.1. The molecule has 172 valence electrons. The van der Waals surface area contributed by atoms with Crippen molar-refractivity contribution in [2.24, 2.45) is 5.10 Å². The Labute approximate surface area is 213 Å². The number of nitrogens with one attached hydrogen (secondary N) is 1. The zero-order valence-electron chi connectivity index (χ0n) is 17.8. The fourth-order valence-corrected chi connectivity index (χ4v) is 4.64. The highest BCUT2D eigenvalue weighted by atomic mass is 79.9. The maximum Gasteiger partial charge on any atom is 0.355 e. The molecule has 3 aromatic carbocycles. The van der Waals surface area contributed by atoms with Gasteiger partial charge in [-0.25, -0.2) is 10.2 Å². The molecular weight excluding hydrogens is 540 g/mol. The third-order valence-corrected chi connectivity index (χ3v) is 6.86. The highest BCUT2D eigenvalue weighted by Crippen LogP contribution is 2.35. The van der Waals surface area contributed by atoms with Gasteiger partial charge >= 0.3 is 5.97 Å². The van der Waals surface area contributed by atoms with Crippen LogP contribution in [0.1, 0.15) is 22.2 Å². The number of carbonyl (C=O) groups excluding carboxylic acids is 2. The predicted molar refractivity (Wildman–Crippen MR) is 138 cm³/mol. The number of ether oxygens (including phenoxy) is 2. The van der Waals surface area contributed by atoms with Gasteiger partial charge in [-0.2, -0.15) is 5.10 Å². The lowest BCUT2D eigenvalue weighted by Gasteiger charge is -2.12. The number of amides is 1. The summed E-state index contributed by atoms with van der Waals surface area (Å²) in [5, 5.41) is 5.16. The molecule has 0 spiro atoms. The molecule has 1 unspecified atom stereocenters. The number of hydrazone groups is 1. The third-order valence-electron chi connectivity index (χ3n) is 4.67. The number of fused-ring (bicyclic) bond motifs is 1. The summed E-state index contributed by atoms with van der Waals surface area (Å²) >= 11 is 11.0. The summed E-state index contributed by atoms with van der Waals surface area (Å²) < 4.78 is 12.9. The van der Waals surface area contributed by atoms with Crippen LogP contribution in [0.25, 0.3) is 10.1 Å². The Morgan fingerprint density at radius 1 is 1.06 bits per heavy atom. The van der Waals surface area contributed by atoms with Crippen LogP contribution < -0.4 is 14.9 Å². The fourth-order valence-electron chi connectivity index (χ4n) is 2.99. The number of carbonyl (C=O) groups is 2. The van der Waals surface area contributed by atoms with E-state index in [-0.39, 0.29) is 0 Å². The number of rotatable bonds is 7. The van der Waals surface area contributed by atoms with Gasteiger partial charge in [0, 0.05) is 14.6 Å². The lowest BCUT2D eigenvalue weighted by Crippen LogP contribution is -2.33. The molecule has 0 saturated heterocycles. The van der Waals surface area contributed by atoms with E-state index in [1.807, 2.05) is 36.4 Å². The predicted octanol–water partition coefficient (Wildman–Crippen LogP) is 6.45. The number of halogens is 2. The van der Waals surface area contributed by atoms with Gasteiger partial charge in [0.05, 0.1) is 11.2 Å². The van der Waals surface area contributed by atoms with Crippen molar-refractivity contribution in [3.8, 4) is 11.5 Å². The van der Waals surface area contributed by atoms with Crippen LogP contribution in [-0.2, 0) is 4.79 Å². The minimum atomic E-state index is -0.739. The van der Waals surface area contributed by atoms with Gasteiger partial charge in [0.25, 0.3) is 5.91 Å². The quantitative estimate of drug-likeness (QED) is 0.123. The van der Waals surface area contributed by atoms with Crippen LogP contribution in [0.15, 0.2) is 82.4 Å². The highest BCUT2D eigenvalue weighted by Gasteiger charge is 2.19. The van der Waals surface area contributed by atoms with Crippen molar-refractivity contribution < 1.29 is 19.1 Å². The molecule has 1 atom stereocenters. The summed E-state index contributed by atoms with van der Waals surface area (Å²) in [6.45, 7) is 1.63. The SMILES string of the molecule is CC(Oc1ccc(Br)cc1)C(=O)N/N=C/c1cccc(OC(=O)c2sc3ccccc3c2Cl)c1. The monoisotopic (exact) mass is 556 g/mol. The second kappa shape index (κ2) is 10.8. The number of nitrogens with zero attached hydrogens (tertiary/aromatic N) is 1. The van der Waals surface area contributed by atoms with Crippen molar-refractivity contribution in [3.05, 3.63) is 92.7 Å². The molecule has 6 nitrogen and oxygen atoms in total. The molecule has 4 rings (SSSR count). The number of hydrogen-bond acceptors (Lipinski definition) is 6. The van der Waals surface area contributed by atoms with Gasteiger partial charge in [-0.1, -0.05) is 57.9 Å². The summed E-state index contributed by atoms with van der Waals surface area (Å²) in [6.07, 6.45) is 0.713. The molecule has 1 N–H and O–H groups in total. The van der Waals surface area contributed by atoms with E-state index in [2.05, 4.69) is 26.5 Å². The summed E-state index contributed by atoms with van der Waals surface area (Å²) in [7, 11) is 0. The minimum Gasteiger partial charge on any atom is -0.481 e. The maximum atomic E-state index is 12.7. The molecule has 0 fully saturated rings. The summed E-state index contributed by atoms with van der Waals surface area (Å²) in [5.74, 6) is -0.0301. The number of benzene rings is 3. The molecule has 9 heteroatoms. The van der Waals surface area contributed by atoms with E-state index < -0.39 is 18.0 Å². The van der Waals surface area contributed by atoms with Crippen LogP contribution in [0.4, 0.5) is 0 Å². The molecule has 0 bridgehead atoms. The lowest BCUT2D eigenvalue weighted by atomic mass is 10.2. The van der Waals surface area contributed by atoms with Crippen molar-refractivity contribution in [2.45, 2.75) is 13.0 Å². The first kappa shape index (κ1) is 23.9. The smallest absolute Gasteiger partial charge is 0.355 e. The molecule has 1 amide bonds. The average molecular weight is 558 g/mol. The van der Waals surface area contributed by atoms with Gasteiger partial charge in [0.15, 0.2) is 6.10 Å². The Balaban J connectivity index is 1.36. The van der Waals surface area contributed by atoms with Gasteiger partial charge in [-0.3, -0.25) is 4.79 Å². The number of esters is 1. The van der Waals surface area contributed by atoms with Crippen LogP contribution in [0, 0.1) is 0 Å². The molecule has 0 aliphatic carbocycles. The van der Waals surface area contributed by atoms with Gasteiger partial charge in [0.1, 0.15) is 16.4 Å². The van der Waals surface area contributed by atoms with Gasteiger partial charge in [0.2, 0.25) is 0 Å². The number of hydrogen-bond donors (Lipinski definition) is 1. The summed E-state index contributed by atoms with van der Waals surface area (Å²) in [4.78, 5) is 25.2. The van der Waals surface area contributed by atoms with Crippen LogP contribution in [0.2, 0.25) is 5.02 Å². The Hall–Kier alpha value is -3.20. The molecular formula is C25H18BrClN2O4S. The fraction of sp³-hybridized carbons (Fsp3) is 0.0800. The van der Waals surface area contributed by atoms with Crippen LogP contribution >= 0.6 is 38.9 Å². The van der Waals surface area contributed by atoms with Crippen molar-refractivity contribution in [2.75, 3.05) is 0 Å². The Morgan fingerprint density at radius 3 is 2.59 bits per heavy atom. The Bertz CT molecular complexity index is 1370. The Morgan fingerprint density at radius 2 is 1.82 bits per heavy atom. The van der Waals surface area contributed by atoms with Crippen LogP contribution in [0.5, 0.6) is 11.5 Å². The maximum absolute atomic E-state index is 12.7. The van der Waals surface area contributed by atoms with E-state index in [9.17, 15) is 9.59 Å². The topological polar surface area (TPSA) is 77.0 Å². The first-order valence-corrected chi connectivity index (χ1v) is 12.1. The molecule has 34 heavy (non-hydrogen) atoms. The van der Waals surface area contributed by atoms with Crippen molar-refractivity contribution in [1.29, 1.82) is 0 Å². The first-order valence-electron chi connectivity index (χ1n) is 10.1. The van der Waals surface area contributed by atoms with E-state index >= 15 is 0 Å². The van der Waals surface area contributed by atoms with Crippen molar-refractivity contribution >= 4 is 67.0 Å². The minimum absolute atomic E-state index is 0.334. The normalized spacial score (nSPS) is 12.0. The molecule has 0 saturated carbocycles. The molecule has 0 aliphatic heterocycles. The third kappa shape index (κ3) is 5.83. The van der Waals surface area contributed by atoms with Gasteiger partial charge < -0.3 is 9.47 Å². The number of thiophene rings is 1. The molecule has 0 radical (unpaired) electrons. The highest BCUT2D eigenvalue weighted by molar-refractivity contribution is 9.10. The van der Waals surface area contributed by atoms with Gasteiger partial charge in [-0.05, 0) is 55.0 Å². The van der Waals surface area contributed by atoms with Crippen LogP contribution in [-0.4, -0.2) is 24.2 Å². The van der Waals surface area contributed by atoms with E-state index in [1.165, 1.54) is 17.6 Å². The summed E-state index contributed by atoms with van der Waals surface area (Å²) in [6, 6.07) is 21.5. The second-order valence-electron chi connectivity index (χ2n) is 7.15. The second-order valence-corrected chi connectivity index (χ2v) is 9.50. The Kier molecular flexibility index (Phi) is 7.62. The van der Waals surface area contributed by atoms with E-state index in [0.29, 0.717) is 27.0 Å². The largest absolute Gasteiger partial charge is 0.481 e. The molecule has 1 heterocycles. The summed E-state index contributed by atoms with van der Waals surface area (Å²) in [5.41, 5.74) is 3.08.